The highest BCUT2D eigenvalue weighted by Crippen LogP contribution is 2.37. The van der Waals surface area contributed by atoms with Crippen molar-refractivity contribution >= 4 is 16.9 Å². The molecule has 0 aliphatic carbocycles. The van der Waals surface area contributed by atoms with Gasteiger partial charge in [-0.1, -0.05) is 6.07 Å². The third kappa shape index (κ3) is 3.60. The van der Waals surface area contributed by atoms with Gasteiger partial charge in [0.25, 0.3) is 0 Å². The highest BCUT2D eigenvalue weighted by molar-refractivity contribution is 5.88. The number of hydrogen-bond donors (Lipinski definition) is 1. The van der Waals surface area contributed by atoms with E-state index in [0.29, 0.717) is 24.5 Å². The number of amides is 1. The first-order valence-electron chi connectivity index (χ1n) is 9.61. The number of carbonyl (C=O) groups is 1. The molecule has 0 bridgehead atoms. The van der Waals surface area contributed by atoms with Crippen LogP contribution in [0.3, 0.4) is 0 Å². The van der Waals surface area contributed by atoms with Crippen molar-refractivity contribution in [2.75, 3.05) is 20.8 Å². The molecule has 2 atom stereocenters. The summed E-state index contributed by atoms with van der Waals surface area (Å²) in [6, 6.07) is 9.87. The van der Waals surface area contributed by atoms with E-state index in [1.807, 2.05) is 48.9 Å². The SMILES string of the molecule is COc1ccc(-c2cc(OC(C)C3CNC(=O)C3)c3c(c2)ncn3C)cc1OC. The lowest BCUT2D eigenvalue weighted by Gasteiger charge is -2.21. The third-order valence-electron chi connectivity index (χ3n) is 5.48. The number of aromatic nitrogens is 2. The Morgan fingerprint density at radius 2 is 1.86 bits per heavy atom. The summed E-state index contributed by atoms with van der Waals surface area (Å²) >= 11 is 0. The maximum Gasteiger partial charge on any atom is 0.220 e. The highest BCUT2D eigenvalue weighted by Gasteiger charge is 2.28. The number of carbonyl (C=O) groups excluding carboxylic acids is 1. The van der Waals surface area contributed by atoms with Gasteiger partial charge in [0.15, 0.2) is 11.5 Å². The number of rotatable bonds is 6. The first kappa shape index (κ1) is 19.1. The maximum atomic E-state index is 11.6. The van der Waals surface area contributed by atoms with Crippen LogP contribution in [0.5, 0.6) is 17.2 Å². The second kappa shape index (κ2) is 7.66. The lowest BCUT2D eigenvalue weighted by molar-refractivity contribution is -0.119. The number of benzene rings is 2. The summed E-state index contributed by atoms with van der Waals surface area (Å²) in [5.74, 6) is 2.32. The highest BCUT2D eigenvalue weighted by atomic mass is 16.5. The Morgan fingerprint density at radius 3 is 2.55 bits per heavy atom. The first-order chi connectivity index (χ1) is 14.0. The molecule has 1 aliphatic heterocycles. The molecule has 4 rings (SSSR count). The zero-order chi connectivity index (χ0) is 20.5. The molecule has 3 aromatic rings. The second-order valence-corrected chi connectivity index (χ2v) is 7.36. The number of methoxy groups -OCH3 is 2. The van der Waals surface area contributed by atoms with E-state index in [4.69, 9.17) is 14.2 Å². The van der Waals surface area contributed by atoms with Crippen molar-refractivity contribution in [1.82, 2.24) is 14.9 Å². The topological polar surface area (TPSA) is 74.6 Å². The number of nitrogens with one attached hydrogen (secondary N) is 1. The van der Waals surface area contributed by atoms with Crippen LogP contribution in [0.1, 0.15) is 13.3 Å². The zero-order valence-electron chi connectivity index (χ0n) is 17.1. The zero-order valence-corrected chi connectivity index (χ0v) is 17.1. The minimum Gasteiger partial charge on any atom is -0.493 e. The fourth-order valence-electron chi connectivity index (χ4n) is 3.78. The summed E-state index contributed by atoms with van der Waals surface area (Å²) in [5.41, 5.74) is 3.73. The van der Waals surface area contributed by atoms with Gasteiger partial charge >= 0.3 is 0 Å². The summed E-state index contributed by atoms with van der Waals surface area (Å²) in [6.45, 7) is 2.65. The molecule has 0 spiro atoms. The van der Waals surface area contributed by atoms with E-state index in [1.54, 1.807) is 20.5 Å². The van der Waals surface area contributed by atoms with Crippen molar-refractivity contribution in [3.8, 4) is 28.4 Å². The monoisotopic (exact) mass is 395 g/mol. The molecular formula is C22H25N3O4. The van der Waals surface area contributed by atoms with Gasteiger partial charge < -0.3 is 24.1 Å². The van der Waals surface area contributed by atoms with E-state index in [1.165, 1.54) is 0 Å². The molecule has 2 unspecified atom stereocenters. The molecule has 2 aromatic carbocycles. The van der Waals surface area contributed by atoms with Crippen LogP contribution in [0, 0.1) is 5.92 Å². The van der Waals surface area contributed by atoms with Crippen molar-refractivity contribution < 1.29 is 19.0 Å². The van der Waals surface area contributed by atoms with Gasteiger partial charge in [-0.15, -0.1) is 0 Å². The van der Waals surface area contributed by atoms with Crippen molar-refractivity contribution in [1.29, 1.82) is 0 Å². The first-order valence-corrected chi connectivity index (χ1v) is 9.61. The van der Waals surface area contributed by atoms with Gasteiger partial charge in [0.2, 0.25) is 5.91 Å². The molecule has 7 heteroatoms. The Bertz CT molecular complexity index is 1060. The molecule has 7 nitrogen and oxygen atoms in total. The fraction of sp³-hybridized carbons (Fsp3) is 0.364. The lowest BCUT2D eigenvalue weighted by Crippen LogP contribution is -2.25. The minimum absolute atomic E-state index is 0.0789. The molecule has 0 saturated carbocycles. The van der Waals surface area contributed by atoms with Gasteiger partial charge in [-0.2, -0.15) is 0 Å². The molecular weight excluding hydrogens is 370 g/mol. The van der Waals surface area contributed by atoms with Gasteiger partial charge in [-0.25, -0.2) is 4.98 Å². The predicted molar refractivity (Wildman–Crippen MR) is 110 cm³/mol. The molecule has 1 aromatic heterocycles. The third-order valence-corrected chi connectivity index (χ3v) is 5.48. The molecule has 1 amide bonds. The molecule has 29 heavy (non-hydrogen) atoms. The quantitative estimate of drug-likeness (QED) is 0.694. The summed E-state index contributed by atoms with van der Waals surface area (Å²) in [5, 5.41) is 2.88. The van der Waals surface area contributed by atoms with Crippen molar-refractivity contribution in [3.63, 3.8) is 0 Å². The fourth-order valence-corrected chi connectivity index (χ4v) is 3.78. The summed E-state index contributed by atoms with van der Waals surface area (Å²) in [4.78, 5) is 16.1. The molecule has 0 radical (unpaired) electrons. The van der Waals surface area contributed by atoms with Crippen LogP contribution in [0.4, 0.5) is 0 Å². The number of ether oxygens (including phenoxy) is 3. The van der Waals surface area contributed by atoms with Gasteiger partial charge in [0, 0.05) is 25.9 Å². The van der Waals surface area contributed by atoms with Gasteiger partial charge in [0.1, 0.15) is 17.4 Å². The molecule has 1 saturated heterocycles. The normalized spacial score (nSPS) is 17.2. The van der Waals surface area contributed by atoms with Gasteiger partial charge in [-0.05, 0) is 42.3 Å². The predicted octanol–water partition coefficient (Wildman–Crippen LogP) is 3.16. The van der Waals surface area contributed by atoms with Crippen LogP contribution in [0.2, 0.25) is 0 Å². The molecule has 1 N–H and O–H groups in total. The van der Waals surface area contributed by atoms with E-state index in [-0.39, 0.29) is 17.9 Å². The Morgan fingerprint density at radius 1 is 1.10 bits per heavy atom. The van der Waals surface area contributed by atoms with E-state index in [0.717, 1.165) is 27.9 Å². The number of fused-ring (bicyclic) bond motifs is 1. The van der Waals surface area contributed by atoms with E-state index in [9.17, 15) is 4.79 Å². The van der Waals surface area contributed by atoms with Crippen molar-refractivity contribution in [3.05, 3.63) is 36.7 Å². The Labute approximate surface area is 169 Å². The van der Waals surface area contributed by atoms with Crippen LogP contribution >= 0.6 is 0 Å². The Kier molecular flexibility index (Phi) is 5.05. The maximum absolute atomic E-state index is 11.6. The lowest BCUT2D eigenvalue weighted by atomic mass is 10.0. The summed E-state index contributed by atoms with van der Waals surface area (Å²) in [7, 11) is 5.19. The average Bonchev–Trinajstić information content (AvgIpc) is 3.33. The summed E-state index contributed by atoms with van der Waals surface area (Å²) in [6.07, 6.45) is 2.17. The standard InChI is InChI=1S/C22H25N3O4/c1-13(16-10-21(26)23-11-16)29-20-9-15(7-17-22(20)25(2)12-24-17)14-5-6-18(27-3)19(8-14)28-4/h5-9,12-13,16H,10-11H2,1-4H3,(H,23,26). The van der Waals surface area contributed by atoms with Crippen LogP contribution in [-0.4, -0.2) is 42.3 Å². The van der Waals surface area contributed by atoms with Crippen LogP contribution < -0.4 is 19.5 Å². The van der Waals surface area contributed by atoms with Crippen LogP contribution in [0.15, 0.2) is 36.7 Å². The van der Waals surface area contributed by atoms with Gasteiger partial charge in [0.05, 0.1) is 26.1 Å². The Hall–Kier alpha value is -3.22. The van der Waals surface area contributed by atoms with Gasteiger partial charge in [-0.3, -0.25) is 4.79 Å². The Balaban J connectivity index is 1.74. The molecule has 1 aliphatic rings. The average molecular weight is 395 g/mol. The van der Waals surface area contributed by atoms with E-state index in [2.05, 4.69) is 10.3 Å². The molecule has 1 fully saturated rings. The van der Waals surface area contributed by atoms with E-state index < -0.39 is 0 Å². The number of imidazole rings is 1. The van der Waals surface area contributed by atoms with E-state index >= 15 is 0 Å². The van der Waals surface area contributed by atoms with Crippen molar-refractivity contribution in [2.45, 2.75) is 19.4 Å². The largest absolute Gasteiger partial charge is 0.493 e. The number of hydrogen-bond acceptors (Lipinski definition) is 5. The minimum atomic E-state index is -0.104. The van der Waals surface area contributed by atoms with Crippen LogP contribution in [-0.2, 0) is 11.8 Å². The van der Waals surface area contributed by atoms with Crippen LogP contribution in [0.25, 0.3) is 22.2 Å². The second-order valence-electron chi connectivity index (χ2n) is 7.36. The number of aryl methyl sites for hydroxylation is 1. The molecule has 152 valence electrons. The molecule has 2 heterocycles. The van der Waals surface area contributed by atoms with Crippen molar-refractivity contribution in [2.24, 2.45) is 13.0 Å². The smallest absolute Gasteiger partial charge is 0.220 e. The summed E-state index contributed by atoms with van der Waals surface area (Å²) < 4.78 is 19.1. The number of nitrogens with zero attached hydrogens (tertiary/aromatic N) is 2.